The zero-order valence-corrected chi connectivity index (χ0v) is 30.8. The summed E-state index contributed by atoms with van der Waals surface area (Å²) in [4.78, 5) is 15.1. The molecule has 9 aromatic rings. The molecule has 7 aromatic carbocycles. The molecule has 0 unspecified atom stereocenters. The van der Waals surface area contributed by atoms with Gasteiger partial charge in [0.05, 0.1) is 22.5 Å². The SMILES string of the molecule is Cc1ccc(-c2nc(-c3ccc(-c4ccccn4)cc3)cc(-c3ccc4c(c3)C3(c5ccccc5-c5ccccc5-4)c4ccccc4-c4ccccc43)n2)cc1. The van der Waals surface area contributed by atoms with Crippen LogP contribution in [0.5, 0.6) is 0 Å². The minimum Gasteiger partial charge on any atom is -0.256 e. The number of aryl methyl sites for hydroxylation is 1. The maximum absolute atomic E-state index is 5.34. The van der Waals surface area contributed by atoms with Crippen molar-refractivity contribution in [2.75, 3.05) is 0 Å². The molecule has 11 rings (SSSR count). The van der Waals surface area contributed by atoms with Gasteiger partial charge in [0.15, 0.2) is 5.82 Å². The molecule has 0 amide bonds. The first-order chi connectivity index (χ1) is 27.7. The number of aromatic nitrogens is 3. The van der Waals surface area contributed by atoms with E-state index in [2.05, 4.69) is 182 Å². The van der Waals surface area contributed by atoms with E-state index >= 15 is 0 Å². The topological polar surface area (TPSA) is 38.7 Å². The highest BCUT2D eigenvalue weighted by molar-refractivity contribution is 5.98. The van der Waals surface area contributed by atoms with Gasteiger partial charge in [0.2, 0.25) is 0 Å². The van der Waals surface area contributed by atoms with Gasteiger partial charge in [-0.1, -0.05) is 169 Å². The zero-order chi connectivity index (χ0) is 37.2. The van der Waals surface area contributed by atoms with E-state index < -0.39 is 5.41 Å². The van der Waals surface area contributed by atoms with Crippen LogP contribution >= 0.6 is 0 Å². The predicted molar refractivity (Wildman–Crippen MR) is 228 cm³/mol. The van der Waals surface area contributed by atoms with Crippen molar-refractivity contribution in [1.29, 1.82) is 0 Å². The van der Waals surface area contributed by atoms with Crippen LogP contribution < -0.4 is 0 Å². The van der Waals surface area contributed by atoms with E-state index in [1.807, 2.05) is 24.4 Å². The maximum atomic E-state index is 5.34. The van der Waals surface area contributed by atoms with Gasteiger partial charge in [-0.05, 0) is 86.8 Å². The smallest absolute Gasteiger partial charge is 0.160 e. The van der Waals surface area contributed by atoms with Crippen LogP contribution in [-0.2, 0) is 5.41 Å². The molecule has 3 nitrogen and oxygen atoms in total. The Bertz CT molecular complexity index is 2920. The lowest BCUT2D eigenvalue weighted by Gasteiger charge is -2.35. The van der Waals surface area contributed by atoms with Crippen LogP contribution in [0, 0.1) is 6.92 Å². The number of benzene rings is 7. The molecule has 0 atom stereocenters. The Morgan fingerprint density at radius 1 is 0.339 bits per heavy atom. The van der Waals surface area contributed by atoms with Gasteiger partial charge in [0.25, 0.3) is 0 Å². The zero-order valence-electron chi connectivity index (χ0n) is 30.8. The number of pyridine rings is 1. The summed E-state index contributed by atoms with van der Waals surface area (Å²) < 4.78 is 0. The molecule has 2 aliphatic carbocycles. The molecule has 2 heterocycles. The van der Waals surface area contributed by atoms with Gasteiger partial charge < -0.3 is 0 Å². The van der Waals surface area contributed by atoms with Crippen molar-refractivity contribution < 1.29 is 0 Å². The molecule has 0 saturated carbocycles. The Kier molecular flexibility index (Phi) is 7.30. The minimum absolute atomic E-state index is 0.564. The van der Waals surface area contributed by atoms with Crippen LogP contribution in [0.3, 0.4) is 0 Å². The van der Waals surface area contributed by atoms with Crippen molar-refractivity contribution >= 4 is 0 Å². The standard InChI is InChI=1S/C53H35N3/c1-34-21-23-37(24-22-34)52-55-50(36-27-25-35(26-28-36)49-20-10-11-31-54-49)33-51(56-52)38-29-30-44-40-13-3-2-12-39(40)41-14-4-7-17-45(41)53(48(44)32-38)46-18-8-5-15-42(46)43-16-6-9-19-47(43)53/h2-33H,1H3. The van der Waals surface area contributed by atoms with Crippen LogP contribution in [0.4, 0.5) is 0 Å². The fourth-order valence-electron chi connectivity index (χ4n) is 9.13. The fraction of sp³-hybridized carbons (Fsp3) is 0.0377. The van der Waals surface area contributed by atoms with Gasteiger partial charge in [-0.3, -0.25) is 4.98 Å². The average Bonchev–Trinajstić information content (AvgIpc) is 3.52. The van der Waals surface area contributed by atoms with Crippen molar-refractivity contribution in [3.8, 4) is 78.5 Å². The summed E-state index contributed by atoms with van der Waals surface area (Å²) in [7, 11) is 0. The largest absolute Gasteiger partial charge is 0.256 e. The van der Waals surface area contributed by atoms with Crippen LogP contribution in [0.1, 0.15) is 27.8 Å². The van der Waals surface area contributed by atoms with E-state index in [9.17, 15) is 0 Å². The quantitative estimate of drug-likeness (QED) is 0.182. The van der Waals surface area contributed by atoms with E-state index in [0.29, 0.717) is 5.82 Å². The number of rotatable bonds is 4. The van der Waals surface area contributed by atoms with E-state index in [0.717, 1.165) is 39.3 Å². The first-order valence-electron chi connectivity index (χ1n) is 19.2. The lowest BCUT2D eigenvalue weighted by atomic mass is 9.65. The Balaban J connectivity index is 1.18. The highest BCUT2D eigenvalue weighted by Gasteiger charge is 2.49. The lowest BCUT2D eigenvalue weighted by Crippen LogP contribution is -2.29. The Labute approximate surface area is 326 Å². The summed E-state index contributed by atoms with van der Waals surface area (Å²) >= 11 is 0. The number of hydrogen-bond donors (Lipinski definition) is 0. The molecule has 0 bridgehead atoms. The maximum Gasteiger partial charge on any atom is 0.160 e. The van der Waals surface area contributed by atoms with Gasteiger partial charge in [-0.15, -0.1) is 0 Å². The van der Waals surface area contributed by atoms with Gasteiger partial charge in [-0.2, -0.15) is 0 Å². The third-order valence-electron chi connectivity index (χ3n) is 11.7. The molecular weight excluding hydrogens is 679 g/mol. The van der Waals surface area contributed by atoms with Gasteiger partial charge in [-0.25, -0.2) is 9.97 Å². The van der Waals surface area contributed by atoms with Crippen molar-refractivity contribution in [3.05, 3.63) is 222 Å². The number of nitrogens with zero attached hydrogens (tertiary/aromatic N) is 3. The predicted octanol–water partition coefficient (Wildman–Crippen LogP) is 12.9. The van der Waals surface area contributed by atoms with Crippen molar-refractivity contribution in [3.63, 3.8) is 0 Å². The molecule has 2 aliphatic rings. The fourth-order valence-corrected chi connectivity index (χ4v) is 9.13. The highest BCUT2D eigenvalue weighted by Crippen LogP contribution is 2.61. The van der Waals surface area contributed by atoms with Gasteiger partial charge in [0.1, 0.15) is 0 Å². The molecule has 0 radical (unpaired) electrons. The molecule has 3 heteroatoms. The van der Waals surface area contributed by atoms with E-state index in [4.69, 9.17) is 9.97 Å². The van der Waals surface area contributed by atoms with Gasteiger partial charge in [0, 0.05) is 28.5 Å². The second kappa shape index (κ2) is 12.7. The normalized spacial score (nSPS) is 12.9. The third kappa shape index (κ3) is 4.87. The van der Waals surface area contributed by atoms with Gasteiger partial charge >= 0.3 is 0 Å². The summed E-state index contributed by atoms with van der Waals surface area (Å²) in [5.74, 6) is 0.697. The molecule has 1 spiro atoms. The van der Waals surface area contributed by atoms with E-state index in [1.165, 1.54) is 61.2 Å². The Morgan fingerprint density at radius 2 is 0.786 bits per heavy atom. The summed E-state index contributed by atoms with van der Waals surface area (Å²) in [6, 6.07) is 68.1. The molecule has 0 saturated heterocycles. The molecule has 262 valence electrons. The Morgan fingerprint density at radius 3 is 1.36 bits per heavy atom. The van der Waals surface area contributed by atoms with Crippen LogP contribution in [0.15, 0.2) is 194 Å². The molecule has 0 N–H and O–H groups in total. The second-order valence-electron chi connectivity index (χ2n) is 14.8. The Hall–Kier alpha value is -7.23. The van der Waals surface area contributed by atoms with Crippen LogP contribution in [-0.4, -0.2) is 15.0 Å². The van der Waals surface area contributed by atoms with Crippen LogP contribution in [0.2, 0.25) is 0 Å². The first-order valence-corrected chi connectivity index (χ1v) is 19.2. The monoisotopic (exact) mass is 713 g/mol. The van der Waals surface area contributed by atoms with Crippen molar-refractivity contribution in [1.82, 2.24) is 15.0 Å². The summed E-state index contributed by atoms with van der Waals surface area (Å²) in [6.07, 6.45) is 1.83. The summed E-state index contributed by atoms with van der Waals surface area (Å²) in [5.41, 5.74) is 20.1. The molecule has 2 aromatic heterocycles. The third-order valence-corrected chi connectivity index (χ3v) is 11.7. The first kappa shape index (κ1) is 32.2. The molecule has 0 fully saturated rings. The lowest BCUT2D eigenvalue weighted by molar-refractivity contribution is 0.775. The van der Waals surface area contributed by atoms with Crippen LogP contribution in [0.25, 0.3) is 78.5 Å². The van der Waals surface area contributed by atoms with Crippen molar-refractivity contribution in [2.45, 2.75) is 12.3 Å². The molecule has 56 heavy (non-hydrogen) atoms. The van der Waals surface area contributed by atoms with E-state index in [1.54, 1.807) is 0 Å². The second-order valence-corrected chi connectivity index (χ2v) is 14.8. The summed E-state index contributed by atoms with van der Waals surface area (Å²) in [5, 5.41) is 0. The number of fused-ring (bicyclic) bond motifs is 12. The molecular formula is C53H35N3. The molecule has 0 aliphatic heterocycles. The summed E-state index contributed by atoms with van der Waals surface area (Å²) in [6.45, 7) is 2.11. The number of hydrogen-bond acceptors (Lipinski definition) is 3. The average molecular weight is 714 g/mol. The van der Waals surface area contributed by atoms with Crippen molar-refractivity contribution in [2.24, 2.45) is 0 Å². The highest BCUT2D eigenvalue weighted by atomic mass is 14.9. The van der Waals surface area contributed by atoms with E-state index in [-0.39, 0.29) is 0 Å². The minimum atomic E-state index is -0.564.